The highest BCUT2D eigenvalue weighted by molar-refractivity contribution is 5.74. The summed E-state index contributed by atoms with van der Waals surface area (Å²) in [5.74, 6) is -0.848. The van der Waals surface area contributed by atoms with Crippen LogP contribution in [0.15, 0.2) is 0 Å². The average molecular weight is 259 g/mol. The van der Waals surface area contributed by atoms with Gasteiger partial charge in [-0.2, -0.15) is 0 Å². The van der Waals surface area contributed by atoms with Crippen molar-refractivity contribution in [1.82, 2.24) is 10.6 Å². The largest absolute Gasteiger partial charge is 0.481 e. The van der Waals surface area contributed by atoms with Crippen molar-refractivity contribution >= 4 is 12.0 Å². The Labute approximate surface area is 108 Å². The first-order chi connectivity index (χ1) is 8.45. The predicted molar refractivity (Wildman–Crippen MR) is 70.4 cm³/mol. The first-order valence-corrected chi connectivity index (χ1v) is 6.44. The highest BCUT2D eigenvalue weighted by Gasteiger charge is 2.11. The van der Waals surface area contributed by atoms with E-state index in [1.54, 1.807) is 6.92 Å². The van der Waals surface area contributed by atoms with Crippen LogP contribution in [0.2, 0.25) is 0 Å². The maximum Gasteiger partial charge on any atom is 0.315 e. The summed E-state index contributed by atoms with van der Waals surface area (Å²) in [6.45, 7) is 4.41. The second kappa shape index (κ2) is 9.70. The number of rotatable bonds is 9. The third-order valence-corrected chi connectivity index (χ3v) is 2.64. The average Bonchev–Trinajstić information content (AvgIpc) is 2.26. The van der Waals surface area contributed by atoms with Crippen molar-refractivity contribution in [2.75, 3.05) is 6.54 Å². The molecule has 0 saturated heterocycles. The molecule has 6 nitrogen and oxygen atoms in total. The monoisotopic (exact) mass is 259 g/mol. The van der Waals surface area contributed by atoms with E-state index in [0.29, 0.717) is 13.0 Å². The molecular formula is C12H25N3O3. The summed E-state index contributed by atoms with van der Waals surface area (Å²) in [4.78, 5) is 21.9. The van der Waals surface area contributed by atoms with Gasteiger partial charge in [-0.15, -0.1) is 0 Å². The van der Waals surface area contributed by atoms with Crippen LogP contribution < -0.4 is 16.4 Å². The lowest BCUT2D eigenvalue weighted by atomic mass is 10.1. The van der Waals surface area contributed by atoms with Gasteiger partial charge in [0.05, 0.1) is 0 Å². The van der Waals surface area contributed by atoms with Crippen molar-refractivity contribution in [3.8, 4) is 0 Å². The van der Waals surface area contributed by atoms with Gasteiger partial charge in [-0.25, -0.2) is 4.79 Å². The fourth-order valence-electron chi connectivity index (χ4n) is 1.57. The number of carboxylic acids is 1. The van der Waals surface area contributed by atoms with Gasteiger partial charge in [0.25, 0.3) is 0 Å². The quantitative estimate of drug-likeness (QED) is 0.465. The summed E-state index contributed by atoms with van der Waals surface area (Å²) in [7, 11) is 0. The predicted octanol–water partition coefficient (Wildman–Crippen LogP) is 1.06. The van der Waals surface area contributed by atoms with Crippen LogP contribution in [0.3, 0.4) is 0 Å². The molecule has 2 amide bonds. The molecule has 0 aromatic heterocycles. The van der Waals surface area contributed by atoms with E-state index in [0.717, 1.165) is 19.3 Å². The molecule has 0 fully saturated rings. The standard InChI is InChI=1S/C12H25N3O3/c1-9(5-3-4-8-13)14-12(18)15-10(2)6-7-11(16)17/h9-10H,3-8,13H2,1-2H3,(H,16,17)(H2,14,15,18). The van der Waals surface area contributed by atoms with E-state index in [4.69, 9.17) is 10.8 Å². The van der Waals surface area contributed by atoms with E-state index < -0.39 is 5.97 Å². The molecule has 0 bridgehead atoms. The zero-order valence-corrected chi connectivity index (χ0v) is 11.2. The van der Waals surface area contributed by atoms with Crippen molar-refractivity contribution in [1.29, 1.82) is 0 Å². The number of amides is 2. The van der Waals surface area contributed by atoms with Gasteiger partial charge in [0, 0.05) is 18.5 Å². The van der Waals surface area contributed by atoms with Gasteiger partial charge >= 0.3 is 12.0 Å². The van der Waals surface area contributed by atoms with Gasteiger partial charge in [-0.05, 0) is 39.7 Å². The molecular weight excluding hydrogens is 234 g/mol. The first-order valence-electron chi connectivity index (χ1n) is 6.44. The minimum absolute atomic E-state index is 0.0630. The molecule has 5 N–H and O–H groups in total. The SMILES string of the molecule is CC(CCCCN)NC(=O)NC(C)CCC(=O)O. The summed E-state index contributed by atoms with van der Waals surface area (Å²) in [6, 6.07) is -0.284. The zero-order valence-electron chi connectivity index (χ0n) is 11.2. The molecule has 0 radical (unpaired) electrons. The van der Waals surface area contributed by atoms with Crippen molar-refractivity contribution in [3.63, 3.8) is 0 Å². The molecule has 18 heavy (non-hydrogen) atoms. The minimum atomic E-state index is -0.848. The Bertz CT molecular complexity index is 259. The number of carbonyl (C=O) groups is 2. The summed E-state index contributed by atoms with van der Waals surface area (Å²) in [6.07, 6.45) is 3.35. The third-order valence-electron chi connectivity index (χ3n) is 2.64. The fourth-order valence-corrected chi connectivity index (χ4v) is 1.57. The number of nitrogens with two attached hydrogens (primary N) is 1. The number of nitrogens with one attached hydrogen (secondary N) is 2. The number of urea groups is 1. The Morgan fingerprint density at radius 3 is 2.17 bits per heavy atom. The number of hydrogen-bond donors (Lipinski definition) is 4. The van der Waals surface area contributed by atoms with E-state index in [2.05, 4.69) is 10.6 Å². The van der Waals surface area contributed by atoms with E-state index in [9.17, 15) is 9.59 Å². The maximum atomic E-state index is 11.5. The lowest BCUT2D eigenvalue weighted by Gasteiger charge is -2.17. The number of hydrogen-bond acceptors (Lipinski definition) is 3. The van der Waals surface area contributed by atoms with E-state index in [1.807, 2.05) is 6.92 Å². The molecule has 0 spiro atoms. The van der Waals surface area contributed by atoms with Gasteiger partial charge in [0.2, 0.25) is 0 Å². The molecule has 0 aliphatic heterocycles. The molecule has 2 unspecified atom stereocenters. The lowest BCUT2D eigenvalue weighted by Crippen LogP contribution is -2.44. The van der Waals surface area contributed by atoms with Crippen LogP contribution in [-0.4, -0.2) is 35.7 Å². The molecule has 0 aromatic carbocycles. The molecule has 0 aromatic rings. The second-order valence-electron chi connectivity index (χ2n) is 4.64. The Morgan fingerprint density at radius 2 is 1.67 bits per heavy atom. The smallest absolute Gasteiger partial charge is 0.315 e. The van der Waals surface area contributed by atoms with Gasteiger partial charge in [0.15, 0.2) is 0 Å². The Hall–Kier alpha value is -1.30. The summed E-state index contributed by atoms with van der Waals surface area (Å²) in [5, 5.41) is 14.1. The van der Waals surface area contributed by atoms with Crippen LogP contribution in [0, 0.1) is 0 Å². The Balaban J connectivity index is 3.71. The molecule has 0 aliphatic rings. The van der Waals surface area contributed by atoms with Crippen molar-refractivity contribution in [2.45, 2.75) is 58.0 Å². The molecule has 2 atom stereocenters. The molecule has 106 valence electrons. The number of carboxylic acid groups (broad SMARTS) is 1. The van der Waals surface area contributed by atoms with E-state index in [-0.39, 0.29) is 24.5 Å². The molecule has 0 aliphatic carbocycles. The summed E-state index contributed by atoms with van der Waals surface area (Å²) in [5.41, 5.74) is 5.39. The minimum Gasteiger partial charge on any atom is -0.481 e. The van der Waals surface area contributed by atoms with Crippen LogP contribution in [0.1, 0.15) is 46.0 Å². The van der Waals surface area contributed by atoms with E-state index >= 15 is 0 Å². The number of aliphatic carboxylic acids is 1. The topological polar surface area (TPSA) is 104 Å². The van der Waals surface area contributed by atoms with Gasteiger partial charge in [0.1, 0.15) is 0 Å². The fraction of sp³-hybridized carbons (Fsp3) is 0.833. The van der Waals surface area contributed by atoms with Gasteiger partial charge in [-0.1, -0.05) is 6.42 Å². The van der Waals surface area contributed by atoms with E-state index in [1.165, 1.54) is 0 Å². The van der Waals surface area contributed by atoms with Crippen molar-refractivity contribution in [2.24, 2.45) is 5.73 Å². The second-order valence-corrected chi connectivity index (χ2v) is 4.64. The number of carbonyl (C=O) groups excluding carboxylic acids is 1. The van der Waals surface area contributed by atoms with Crippen LogP contribution in [0.4, 0.5) is 4.79 Å². The molecule has 0 saturated carbocycles. The van der Waals surface area contributed by atoms with Gasteiger partial charge in [-0.3, -0.25) is 4.79 Å². The highest BCUT2D eigenvalue weighted by atomic mass is 16.4. The molecule has 6 heteroatoms. The van der Waals surface area contributed by atoms with Crippen LogP contribution >= 0.6 is 0 Å². The van der Waals surface area contributed by atoms with Crippen LogP contribution in [-0.2, 0) is 4.79 Å². The van der Waals surface area contributed by atoms with Gasteiger partial charge < -0.3 is 21.5 Å². The first kappa shape index (κ1) is 16.7. The van der Waals surface area contributed by atoms with Crippen molar-refractivity contribution in [3.05, 3.63) is 0 Å². The summed E-state index contributed by atoms with van der Waals surface area (Å²) < 4.78 is 0. The maximum absolute atomic E-state index is 11.5. The Kier molecular flexibility index (Phi) is 9.00. The highest BCUT2D eigenvalue weighted by Crippen LogP contribution is 2.00. The van der Waals surface area contributed by atoms with Crippen LogP contribution in [0.5, 0.6) is 0 Å². The zero-order chi connectivity index (χ0) is 14.0. The molecule has 0 heterocycles. The Morgan fingerprint density at radius 1 is 1.11 bits per heavy atom. The molecule has 0 rings (SSSR count). The lowest BCUT2D eigenvalue weighted by molar-refractivity contribution is -0.137. The summed E-state index contributed by atoms with van der Waals surface area (Å²) >= 11 is 0. The van der Waals surface area contributed by atoms with Crippen LogP contribution in [0.25, 0.3) is 0 Å². The van der Waals surface area contributed by atoms with Crippen molar-refractivity contribution < 1.29 is 14.7 Å². The third kappa shape index (κ3) is 9.89. The number of unbranched alkanes of at least 4 members (excludes halogenated alkanes) is 1. The normalized spacial score (nSPS) is 13.7.